The van der Waals surface area contributed by atoms with Gasteiger partial charge in [0, 0.05) is 18.7 Å². The van der Waals surface area contributed by atoms with Gasteiger partial charge >= 0.3 is 0 Å². The number of nitrogens with one attached hydrogen (secondary N) is 1. The Balaban J connectivity index is 1.61. The maximum absolute atomic E-state index is 10.6. The molecule has 5 heteroatoms. The van der Waals surface area contributed by atoms with E-state index >= 15 is 0 Å². The molecule has 21 heavy (non-hydrogen) atoms. The van der Waals surface area contributed by atoms with Gasteiger partial charge in [-0.3, -0.25) is 10.1 Å². The van der Waals surface area contributed by atoms with E-state index in [1.165, 1.54) is 32.5 Å². The summed E-state index contributed by atoms with van der Waals surface area (Å²) in [6, 6.07) is 6.83. The number of non-ortho nitro benzene ring substituents is 1. The fourth-order valence-corrected chi connectivity index (χ4v) is 2.84. The van der Waals surface area contributed by atoms with E-state index in [1.807, 2.05) is 12.1 Å². The lowest BCUT2D eigenvalue weighted by Gasteiger charge is -2.20. The van der Waals surface area contributed by atoms with Crippen LogP contribution in [0.3, 0.4) is 0 Å². The molecule has 1 N–H and O–H groups in total. The average molecular weight is 291 g/mol. The molecule has 1 saturated heterocycles. The molecule has 0 amide bonds. The van der Waals surface area contributed by atoms with Gasteiger partial charge in [0.05, 0.1) is 4.92 Å². The maximum Gasteiger partial charge on any atom is 0.269 e. The average Bonchev–Trinajstić information content (AvgIpc) is 2.97. The van der Waals surface area contributed by atoms with E-state index in [4.69, 9.17) is 0 Å². The zero-order chi connectivity index (χ0) is 15.1. The van der Waals surface area contributed by atoms with Crippen molar-refractivity contribution in [3.63, 3.8) is 0 Å². The van der Waals surface area contributed by atoms with Crippen LogP contribution in [-0.2, 0) is 6.42 Å². The molecule has 1 aliphatic heterocycles. The largest absolute Gasteiger partial charge is 0.316 e. The number of nitro benzene ring substituents is 1. The second-order valence-corrected chi connectivity index (χ2v) is 5.99. The van der Waals surface area contributed by atoms with Crippen LogP contribution in [0.15, 0.2) is 24.3 Å². The summed E-state index contributed by atoms with van der Waals surface area (Å²) in [6.07, 6.45) is 3.61. The zero-order valence-electron chi connectivity index (χ0n) is 12.8. The highest BCUT2D eigenvalue weighted by atomic mass is 16.6. The van der Waals surface area contributed by atoms with Crippen LogP contribution in [0.1, 0.15) is 25.3 Å². The third kappa shape index (κ3) is 5.44. The smallest absolute Gasteiger partial charge is 0.269 e. The number of benzene rings is 1. The van der Waals surface area contributed by atoms with E-state index in [0.29, 0.717) is 5.92 Å². The molecule has 0 aliphatic carbocycles. The molecule has 1 atom stereocenters. The third-order valence-electron chi connectivity index (χ3n) is 4.00. The molecule has 5 nitrogen and oxygen atoms in total. The van der Waals surface area contributed by atoms with Gasteiger partial charge < -0.3 is 10.2 Å². The van der Waals surface area contributed by atoms with Crippen LogP contribution in [0.5, 0.6) is 0 Å². The van der Waals surface area contributed by atoms with Gasteiger partial charge in [-0.2, -0.15) is 0 Å². The standard InChI is InChI=1S/C16H25N3O2/c1-14(13-18-10-2-3-11-18)12-17-9-8-15-4-6-16(7-5-15)19(20)21/h4-7,14,17H,2-3,8-13H2,1H3. The molecule has 0 saturated carbocycles. The summed E-state index contributed by atoms with van der Waals surface area (Å²) >= 11 is 0. The first-order chi connectivity index (χ1) is 10.1. The van der Waals surface area contributed by atoms with Crippen molar-refractivity contribution in [3.05, 3.63) is 39.9 Å². The lowest BCUT2D eigenvalue weighted by atomic mass is 10.1. The number of hydrogen-bond donors (Lipinski definition) is 1. The van der Waals surface area contributed by atoms with E-state index in [9.17, 15) is 10.1 Å². The van der Waals surface area contributed by atoms with Gasteiger partial charge in [-0.25, -0.2) is 0 Å². The fourth-order valence-electron chi connectivity index (χ4n) is 2.84. The minimum absolute atomic E-state index is 0.158. The molecule has 1 heterocycles. The number of nitro groups is 1. The Morgan fingerprint density at radius 1 is 1.29 bits per heavy atom. The summed E-state index contributed by atoms with van der Waals surface area (Å²) < 4.78 is 0. The predicted octanol–water partition coefficient (Wildman–Crippen LogP) is 2.46. The Kier molecular flexibility index (Phi) is 6.14. The van der Waals surface area contributed by atoms with E-state index in [1.54, 1.807) is 12.1 Å². The number of likely N-dealkylation sites (tertiary alicyclic amines) is 1. The van der Waals surface area contributed by atoms with Crippen molar-refractivity contribution in [2.24, 2.45) is 5.92 Å². The van der Waals surface area contributed by atoms with Crippen LogP contribution in [0.4, 0.5) is 5.69 Å². The van der Waals surface area contributed by atoms with Gasteiger partial charge in [0.25, 0.3) is 5.69 Å². The van der Waals surface area contributed by atoms with Crippen molar-refractivity contribution in [1.29, 1.82) is 0 Å². The monoisotopic (exact) mass is 291 g/mol. The molecule has 1 aliphatic rings. The summed E-state index contributed by atoms with van der Waals surface area (Å²) in [5, 5.41) is 14.1. The van der Waals surface area contributed by atoms with Crippen LogP contribution in [0, 0.1) is 16.0 Å². The third-order valence-corrected chi connectivity index (χ3v) is 4.00. The summed E-state index contributed by atoms with van der Waals surface area (Å²) in [6.45, 7) is 7.94. The lowest BCUT2D eigenvalue weighted by molar-refractivity contribution is -0.384. The molecule has 1 aromatic carbocycles. The Morgan fingerprint density at radius 2 is 1.95 bits per heavy atom. The van der Waals surface area contributed by atoms with Crippen molar-refractivity contribution >= 4 is 5.69 Å². The highest BCUT2D eigenvalue weighted by molar-refractivity contribution is 5.32. The Bertz CT molecular complexity index is 441. The molecular weight excluding hydrogens is 266 g/mol. The van der Waals surface area contributed by atoms with Crippen molar-refractivity contribution in [3.8, 4) is 0 Å². The molecule has 0 radical (unpaired) electrons. The molecule has 0 bridgehead atoms. The first kappa shape index (κ1) is 15.9. The van der Waals surface area contributed by atoms with Gasteiger partial charge in [-0.1, -0.05) is 19.1 Å². The maximum atomic E-state index is 10.6. The molecule has 1 aromatic rings. The zero-order valence-corrected chi connectivity index (χ0v) is 12.8. The lowest BCUT2D eigenvalue weighted by Crippen LogP contribution is -2.32. The molecule has 116 valence electrons. The second-order valence-electron chi connectivity index (χ2n) is 5.99. The number of rotatable bonds is 8. The highest BCUT2D eigenvalue weighted by Crippen LogP contribution is 2.12. The predicted molar refractivity (Wildman–Crippen MR) is 84.5 cm³/mol. The summed E-state index contributed by atoms with van der Waals surface area (Å²) in [4.78, 5) is 12.8. The van der Waals surface area contributed by atoms with Crippen molar-refractivity contribution in [1.82, 2.24) is 10.2 Å². The SMILES string of the molecule is CC(CNCCc1ccc([N+](=O)[O-])cc1)CN1CCCC1. The summed E-state index contributed by atoms with van der Waals surface area (Å²) in [5.74, 6) is 0.667. The van der Waals surface area contributed by atoms with Crippen molar-refractivity contribution in [2.45, 2.75) is 26.2 Å². The van der Waals surface area contributed by atoms with Crippen LogP contribution in [-0.4, -0.2) is 42.5 Å². The Labute approximate surface area is 126 Å². The molecule has 1 fully saturated rings. The van der Waals surface area contributed by atoms with E-state index in [2.05, 4.69) is 17.1 Å². The van der Waals surface area contributed by atoms with Gasteiger partial charge in [0.15, 0.2) is 0 Å². The van der Waals surface area contributed by atoms with Crippen LogP contribution in [0.25, 0.3) is 0 Å². The number of hydrogen-bond acceptors (Lipinski definition) is 4. The van der Waals surface area contributed by atoms with Gasteiger partial charge in [0.1, 0.15) is 0 Å². The van der Waals surface area contributed by atoms with Gasteiger partial charge in [-0.05, 0) is 56.9 Å². The quantitative estimate of drug-likeness (QED) is 0.454. The van der Waals surface area contributed by atoms with E-state index < -0.39 is 0 Å². The highest BCUT2D eigenvalue weighted by Gasteiger charge is 2.14. The van der Waals surface area contributed by atoms with Crippen molar-refractivity contribution in [2.75, 3.05) is 32.7 Å². The molecule has 1 unspecified atom stereocenters. The summed E-state index contributed by atoms with van der Waals surface area (Å²) in [7, 11) is 0. The molecule has 0 spiro atoms. The molecule has 0 aromatic heterocycles. The van der Waals surface area contributed by atoms with E-state index in [-0.39, 0.29) is 10.6 Å². The molecular formula is C16H25N3O2. The summed E-state index contributed by atoms with van der Waals surface area (Å²) in [5.41, 5.74) is 1.30. The second kappa shape index (κ2) is 8.10. The van der Waals surface area contributed by atoms with Crippen LogP contribution < -0.4 is 5.32 Å². The van der Waals surface area contributed by atoms with Crippen LogP contribution >= 0.6 is 0 Å². The van der Waals surface area contributed by atoms with Gasteiger partial charge in [0.2, 0.25) is 0 Å². The fraction of sp³-hybridized carbons (Fsp3) is 0.625. The van der Waals surface area contributed by atoms with Crippen molar-refractivity contribution < 1.29 is 4.92 Å². The van der Waals surface area contributed by atoms with E-state index in [0.717, 1.165) is 25.1 Å². The molecule has 2 rings (SSSR count). The van der Waals surface area contributed by atoms with Crippen LogP contribution in [0.2, 0.25) is 0 Å². The first-order valence-corrected chi connectivity index (χ1v) is 7.81. The minimum atomic E-state index is -0.359. The Hall–Kier alpha value is -1.46. The topological polar surface area (TPSA) is 58.4 Å². The normalized spacial score (nSPS) is 17.0. The first-order valence-electron chi connectivity index (χ1n) is 7.81. The minimum Gasteiger partial charge on any atom is -0.316 e. The van der Waals surface area contributed by atoms with Gasteiger partial charge in [-0.15, -0.1) is 0 Å². The number of nitrogens with zero attached hydrogens (tertiary/aromatic N) is 2. The Morgan fingerprint density at radius 3 is 2.57 bits per heavy atom.